The van der Waals surface area contributed by atoms with Gasteiger partial charge >= 0.3 is 6.09 Å². The molecule has 1 amide bonds. The minimum atomic E-state index is -0.572. The van der Waals surface area contributed by atoms with Gasteiger partial charge in [0, 0.05) is 5.56 Å². The van der Waals surface area contributed by atoms with Gasteiger partial charge in [0.15, 0.2) is 0 Å². The van der Waals surface area contributed by atoms with E-state index in [1.54, 1.807) is 39.0 Å². The van der Waals surface area contributed by atoms with Crippen LogP contribution in [0.15, 0.2) is 28.8 Å². The van der Waals surface area contributed by atoms with Gasteiger partial charge in [-0.1, -0.05) is 17.3 Å². The maximum atomic E-state index is 11.9. The molecule has 0 fully saturated rings. The monoisotopic (exact) mass is 290 g/mol. The Morgan fingerprint density at radius 3 is 2.71 bits per heavy atom. The molecule has 2 rings (SSSR count). The summed E-state index contributed by atoms with van der Waals surface area (Å²) in [6.45, 7) is 5.55. The third-order valence-corrected chi connectivity index (χ3v) is 2.45. The van der Waals surface area contributed by atoms with E-state index >= 15 is 0 Å². The minimum absolute atomic E-state index is 0.161. The molecule has 7 heteroatoms. The standard InChI is InChI=1S/C14H18N4O3/c1-14(2,3)20-13(19)16-10-7-5-4-6-9(10)12-17-11(8-15)21-18-12/h4-7H,8,15H2,1-3H3,(H,16,19). The second kappa shape index (κ2) is 5.92. The Balaban J connectivity index is 2.23. The Hall–Kier alpha value is -2.41. The summed E-state index contributed by atoms with van der Waals surface area (Å²) in [7, 11) is 0. The maximum absolute atomic E-state index is 11.9. The van der Waals surface area contributed by atoms with Crippen LogP contribution >= 0.6 is 0 Å². The first-order valence-corrected chi connectivity index (χ1v) is 6.51. The molecular formula is C14H18N4O3. The molecule has 0 aliphatic carbocycles. The van der Waals surface area contributed by atoms with Crippen LogP contribution in [0.3, 0.4) is 0 Å². The van der Waals surface area contributed by atoms with Crippen LogP contribution in [0.5, 0.6) is 0 Å². The van der Waals surface area contributed by atoms with Crippen LogP contribution in [0.2, 0.25) is 0 Å². The molecule has 1 aromatic heterocycles. The van der Waals surface area contributed by atoms with Crippen molar-refractivity contribution in [3.05, 3.63) is 30.2 Å². The lowest BCUT2D eigenvalue weighted by Gasteiger charge is -2.20. The van der Waals surface area contributed by atoms with Gasteiger partial charge in [-0.2, -0.15) is 4.98 Å². The summed E-state index contributed by atoms with van der Waals surface area (Å²) in [5, 5.41) is 6.52. The lowest BCUT2D eigenvalue weighted by atomic mass is 10.1. The smallest absolute Gasteiger partial charge is 0.412 e. The van der Waals surface area contributed by atoms with Crippen LogP contribution < -0.4 is 11.1 Å². The molecule has 7 nitrogen and oxygen atoms in total. The molecule has 0 radical (unpaired) electrons. The number of aromatic nitrogens is 2. The number of hydrogen-bond acceptors (Lipinski definition) is 6. The number of nitrogens with two attached hydrogens (primary N) is 1. The van der Waals surface area contributed by atoms with Crippen LogP contribution in [0.1, 0.15) is 26.7 Å². The van der Waals surface area contributed by atoms with Crippen LogP contribution in [0, 0.1) is 0 Å². The minimum Gasteiger partial charge on any atom is -0.444 e. The van der Waals surface area contributed by atoms with E-state index in [1.807, 2.05) is 6.07 Å². The molecule has 0 saturated carbocycles. The largest absolute Gasteiger partial charge is 0.444 e. The van der Waals surface area contributed by atoms with Gasteiger partial charge in [0.2, 0.25) is 11.7 Å². The van der Waals surface area contributed by atoms with E-state index in [1.165, 1.54) is 0 Å². The van der Waals surface area contributed by atoms with E-state index in [0.717, 1.165) is 0 Å². The number of nitrogens with one attached hydrogen (secondary N) is 1. The normalized spacial score (nSPS) is 11.2. The number of para-hydroxylation sites is 1. The summed E-state index contributed by atoms with van der Waals surface area (Å²) in [5.74, 6) is 0.694. The van der Waals surface area contributed by atoms with Crippen LogP contribution in [0.25, 0.3) is 11.4 Å². The number of carbonyl (C=O) groups excluding carboxylic acids is 1. The summed E-state index contributed by atoms with van der Waals surface area (Å²) in [6.07, 6.45) is -0.544. The fourth-order valence-corrected chi connectivity index (χ4v) is 1.65. The third-order valence-electron chi connectivity index (χ3n) is 2.45. The zero-order valence-corrected chi connectivity index (χ0v) is 12.2. The number of rotatable bonds is 3. The van der Waals surface area contributed by atoms with Gasteiger partial charge in [-0.05, 0) is 32.9 Å². The maximum Gasteiger partial charge on any atom is 0.412 e. The van der Waals surface area contributed by atoms with E-state index < -0.39 is 11.7 Å². The van der Waals surface area contributed by atoms with E-state index in [4.69, 9.17) is 15.0 Å². The molecule has 3 N–H and O–H groups in total. The van der Waals surface area contributed by atoms with Crippen molar-refractivity contribution in [1.29, 1.82) is 0 Å². The Morgan fingerprint density at radius 1 is 1.38 bits per heavy atom. The molecule has 0 bridgehead atoms. The quantitative estimate of drug-likeness (QED) is 0.900. The molecule has 1 aromatic carbocycles. The molecule has 0 aliphatic heterocycles. The van der Waals surface area contributed by atoms with Gasteiger partial charge in [-0.15, -0.1) is 0 Å². The highest BCUT2D eigenvalue weighted by Gasteiger charge is 2.18. The fraction of sp³-hybridized carbons (Fsp3) is 0.357. The van der Waals surface area contributed by atoms with E-state index in [2.05, 4.69) is 15.5 Å². The van der Waals surface area contributed by atoms with Crippen molar-refractivity contribution in [2.45, 2.75) is 32.9 Å². The molecule has 1 heterocycles. The second-order valence-electron chi connectivity index (χ2n) is 5.39. The van der Waals surface area contributed by atoms with Crippen molar-refractivity contribution in [2.75, 3.05) is 5.32 Å². The lowest BCUT2D eigenvalue weighted by Crippen LogP contribution is -2.27. The van der Waals surface area contributed by atoms with E-state index in [-0.39, 0.29) is 6.54 Å². The molecule has 0 unspecified atom stereocenters. The van der Waals surface area contributed by atoms with Crippen molar-refractivity contribution < 1.29 is 14.1 Å². The summed E-state index contributed by atoms with van der Waals surface area (Å²) >= 11 is 0. The van der Waals surface area contributed by atoms with Crippen molar-refractivity contribution in [1.82, 2.24) is 10.1 Å². The zero-order valence-electron chi connectivity index (χ0n) is 12.2. The van der Waals surface area contributed by atoms with Crippen LogP contribution in [-0.2, 0) is 11.3 Å². The Morgan fingerprint density at radius 2 is 2.10 bits per heavy atom. The average Bonchev–Trinajstić information content (AvgIpc) is 2.85. The second-order valence-corrected chi connectivity index (χ2v) is 5.39. The van der Waals surface area contributed by atoms with Gasteiger partial charge in [-0.25, -0.2) is 4.79 Å². The van der Waals surface area contributed by atoms with Crippen LogP contribution in [0.4, 0.5) is 10.5 Å². The summed E-state index contributed by atoms with van der Waals surface area (Å²) in [5.41, 5.74) is 6.04. The van der Waals surface area contributed by atoms with Gasteiger partial charge in [0.1, 0.15) is 5.60 Å². The number of anilines is 1. The molecule has 21 heavy (non-hydrogen) atoms. The molecule has 112 valence electrons. The number of amides is 1. The van der Waals surface area contributed by atoms with Gasteiger partial charge < -0.3 is 15.0 Å². The Kier molecular flexibility index (Phi) is 4.23. The first-order valence-electron chi connectivity index (χ1n) is 6.51. The topological polar surface area (TPSA) is 103 Å². The predicted molar refractivity (Wildman–Crippen MR) is 77.5 cm³/mol. The highest BCUT2D eigenvalue weighted by molar-refractivity contribution is 5.90. The fourth-order valence-electron chi connectivity index (χ4n) is 1.65. The molecule has 0 spiro atoms. The van der Waals surface area contributed by atoms with Gasteiger partial charge in [0.25, 0.3) is 0 Å². The Labute approximate surface area is 122 Å². The first-order chi connectivity index (χ1) is 9.89. The van der Waals surface area contributed by atoms with Crippen molar-refractivity contribution >= 4 is 11.8 Å². The third kappa shape index (κ3) is 4.03. The number of nitrogens with zero attached hydrogens (tertiary/aromatic N) is 2. The number of carbonyl (C=O) groups is 1. The highest BCUT2D eigenvalue weighted by atomic mass is 16.6. The van der Waals surface area contributed by atoms with Gasteiger partial charge in [0.05, 0.1) is 12.2 Å². The zero-order chi connectivity index (χ0) is 15.5. The number of benzene rings is 1. The molecule has 2 aromatic rings. The van der Waals surface area contributed by atoms with Crippen molar-refractivity contribution in [3.8, 4) is 11.4 Å². The van der Waals surface area contributed by atoms with Crippen LogP contribution in [-0.4, -0.2) is 21.8 Å². The number of ether oxygens (including phenoxy) is 1. The SMILES string of the molecule is CC(C)(C)OC(=O)Nc1ccccc1-c1noc(CN)n1. The molecule has 0 aliphatic rings. The highest BCUT2D eigenvalue weighted by Crippen LogP contribution is 2.25. The van der Waals surface area contributed by atoms with Crippen molar-refractivity contribution in [3.63, 3.8) is 0 Å². The summed E-state index contributed by atoms with van der Waals surface area (Å²) < 4.78 is 10.2. The lowest BCUT2D eigenvalue weighted by molar-refractivity contribution is 0.0636. The van der Waals surface area contributed by atoms with E-state index in [9.17, 15) is 4.79 Å². The van der Waals surface area contributed by atoms with E-state index in [0.29, 0.717) is 23.0 Å². The Bertz CT molecular complexity index is 631. The van der Waals surface area contributed by atoms with Crippen molar-refractivity contribution in [2.24, 2.45) is 5.73 Å². The number of hydrogen-bond donors (Lipinski definition) is 2. The summed E-state index contributed by atoms with van der Waals surface area (Å²) in [6, 6.07) is 7.11. The first kappa shape index (κ1) is 15.0. The molecular weight excluding hydrogens is 272 g/mol. The van der Waals surface area contributed by atoms with Gasteiger partial charge in [-0.3, -0.25) is 5.32 Å². The summed E-state index contributed by atoms with van der Waals surface area (Å²) in [4.78, 5) is 16.0. The molecule has 0 saturated heterocycles. The predicted octanol–water partition coefficient (Wildman–Crippen LogP) is 2.54. The average molecular weight is 290 g/mol. The molecule has 0 atom stereocenters.